The molecule has 0 saturated heterocycles. The van der Waals surface area contributed by atoms with Gasteiger partial charge in [-0.3, -0.25) is 4.90 Å². The molecule has 0 saturated carbocycles. The van der Waals surface area contributed by atoms with Crippen LogP contribution < -0.4 is 9.16 Å². The number of fused-ring (bicyclic) bond motifs is 1. The maximum Gasteiger partial charge on any atom is 0.250 e. The molecule has 1 aliphatic rings. The summed E-state index contributed by atoms with van der Waals surface area (Å²) in [4.78, 5) is 2.85. The SMILES string of the molecule is COc1cc(CCC(C)(C)N2Cc3cccc(S(C)(=O)=O)c3C2)ccc1O[Si](C)(C)C(C)(C)C. The molecule has 1 aliphatic heterocycles. The minimum Gasteiger partial charge on any atom is -0.541 e. The maximum atomic E-state index is 12.3. The summed E-state index contributed by atoms with van der Waals surface area (Å²) < 4.78 is 36.7. The number of sulfone groups is 1. The van der Waals surface area contributed by atoms with Crippen LogP contribution in [0.2, 0.25) is 18.1 Å². The molecule has 188 valence electrons. The molecule has 0 fully saturated rings. The summed E-state index contributed by atoms with van der Waals surface area (Å²) in [6, 6.07) is 11.9. The minimum absolute atomic E-state index is 0.0860. The van der Waals surface area contributed by atoms with Crippen LogP contribution in [-0.2, 0) is 29.3 Å². The van der Waals surface area contributed by atoms with Crippen molar-refractivity contribution < 1.29 is 17.6 Å². The molecular weight excluding hydrogens is 462 g/mol. The Morgan fingerprint density at radius 2 is 1.68 bits per heavy atom. The Morgan fingerprint density at radius 3 is 2.26 bits per heavy atom. The summed E-state index contributed by atoms with van der Waals surface area (Å²) in [6.45, 7) is 17.1. The molecule has 3 rings (SSSR count). The number of rotatable bonds is 8. The zero-order chi connectivity index (χ0) is 25.5. The van der Waals surface area contributed by atoms with E-state index in [1.165, 1.54) is 11.8 Å². The van der Waals surface area contributed by atoms with Crippen LogP contribution in [0.1, 0.15) is 57.7 Å². The Hall–Kier alpha value is -1.83. The van der Waals surface area contributed by atoms with Gasteiger partial charge in [0.25, 0.3) is 8.32 Å². The van der Waals surface area contributed by atoms with Gasteiger partial charge in [0, 0.05) is 24.9 Å². The molecule has 34 heavy (non-hydrogen) atoms. The van der Waals surface area contributed by atoms with E-state index in [1.807, 2.05) is 18.2 Å². The van der Waals surface area contributed by atoms with Crippen LogP contribution >= 0.6 is 0 Å². The smallest absolute Gasteiger partial charge is 0.250 e. The summed E-state index contributed by atoms with van der Waals surface area (Å²) in [6.07, 6.45) is 3.14. The molecule has 0 radical (unpaired) electrons. The van der Waals surface area contributed by atoms with E-state index in [1.54, 1.807) is 13.2 Å². The molecule has 0 amide bonds. The van der Waals surface area contributed by atoms with Crippen molar-refractivity contribution in [3.63, 3.8) is 0 Å². The predicted octanol–water partition coefficient (Wildman–Crippen LogP) is 6.21. The molecule has 0 bridgehead atoms. The van der Waals surface area contributed by atoms with Crippen LogP contribution in [-0.4, -0.2) is 40.5 Å². The molecule has 0 spiro atoms. The Balaban J connectivity index is 1.72. The zero-order valence-electron chi connectivity index (χ0n) is 22.3. The van der Waals surface area contributed by atoms with E-state index in [2.05, 4.69) is 64.7 Å². The van der Waals surface area contributed by atoms with Gasteiger partial charge in [-0.1, -0.05) is 39.0 Å². The maximum absolute atomic E-state index is 12.3. The third kappa shape index (κ3) is 5.69. The van der Waals surface area contributed by atoms with E-state index in [0.717, 1.165) is 42.0 Å². The standard InChI is InChI=1S/C27H41NO4SSi/c1-26(2,3)34(8,9)32-23-14-13-20(17-24(23)31-6)15-16-27(4,5)28-18-21-11-10-12-25(22(21)19-28)33(7,29)30/h10-14,17H,15-16,18-19H2,1-9H3. The number of aryl methyl sites for hydroxylation is 1. The third-order valence-corrected chi connectivity index (χ3v) is 13.1. The Morgan fingerprint density at radius 1 is 1.00 bits per heavy atom. The minimum atomic E-state index is -3.24. The summed E-state index contributed by atoms with van der Waals surface area (Å²) >= 11 is 0. The highest BCUT2D eigenvalue weighted by atomic mass is 32.2. The van der Waals surface area contributed by atoms with Gasteiger partial charge in [-0.05, 0) is 79.7 Å². The number of methoxy groups -OCH3 is 1. The molecule has 2 aromatic rings. The molecule has 2 aromatic carbocycles. The van der Waals surface area contributed by atoms with E-state index in [-0.39, 0.29) is 10.6 Å². The summed E-state index contributed by atoms with van der Waals surface area (Å²) in [5, 5.41) is 0.116. The Kier molecular flexibility index (Phi) is 7.34. The van der Waals surface area contributed by atoms with Gasteiger partial charge in [-0.15, -0.1) is 0 Å². The predicted molar refractivity (Wildman–Crippen MR) is 142 cm³/mol. The lowest BCUT2D eigenvalue weighted by molar-refractivity contribution is 0.109. The molecule has 0 unspecified atom stereocenters. The molecule has 7 heteroatoms. The van der Waals surface area contributed by atoms with Gasteiger partial charge in [-0.25, -0.2) is 8.42 Å². The van der Waals surface area contributed by atoms with Crippen LogP contribution in [0.25, 0.3) is 0 Å². The average molecular weight is 504 g/mol. The third-order valence-electron chi connectivity index (χ3n) is 7.62. The van der Waals surface area contributed by atoms with Crippen molar-refractivity contribution in [1.82, 2.24) is 4.90 Å². The van der Waals surface area contributed by atoms with Crippen LogP contribution in [0, 0.1) is 0 Å². The molecule has 0 aromatic heterocycles. The molecule has 0 atom stereocenters. The first-order chi connectivity index (χ1) is 15.5. The lowest BCUT2D eigenvalue weighted by Gasteiger charge is -2.37. The zero-order valence-corrected chi connectivity index (χ0v) is 24.1. The molecule has 5 nitrogen and oxygen atoms in total. The lowest BCUT2D eigenvalue weighted by atomic mass is 9.93. The largest absolute Gasteiger partial charge is 0.541 e. The number of nitrogens with zero attached hydrogens (tertiary/aromatic N) is 1. The van der Waals surface area contributed by atoms with Gasteiger partial charge < -0.3 is 9.16 Å². The molecule has 0 aliphatic carbocycles. The van der Waals surface area contributed by atoms with Crippen molar-refractivity contribution in [2.24, 2.45) is 0 Å². The molecule has 1 heterocycles. The van der Waals surface area contributed by atoms with Crippen LogP contribution in [0.3, 0.4) is 0 Å². The van der Waals surface area contributed by atoms with E-state index in [4.69, 9.17) is 9.16 Å². The summed E-state index contributed by atoms with van der Waals surface area (Å²) in [5.41, 5.74) is 3.19. The summed E-state index contributed by atoms with van der Waals surface area (Å²) in [5.74, 6) is 1.60. The topological polar surface area (TPSA) is 55.8 Å². The second kappa shape index (κ2) is 9.32. The van der Waals surface area contributed by atoms with Crippen LogP contribution in [0.15, 0.2) is 41.3 Å². The first kappa shape index (κ1) is 26.8. The van der Waals surface area contributed by atoms with Crippen molar-refractivity contribution in [1.29, 1.82) is 0 Å². The Bertz CT molecular complexity index is 1150. The monoisotopic (exact) mass is 503 g/mol. The quantitative estimate of drug-likeness (QED) is 0.401. The first-order valence-electron chi connectivity index (χ1n) is 12.0. The fraction of sp³-hybridized carbons (Fsp3) is 0.556. The average Bonchev–Trinajstić information content (AvgIpc) is 3.16. The van der Waals surface area contributed by atoms with Crippen molar-refractivity contribution in [2.45, 2.75) is 89.1 Å². The second-order valence-corrected chi connectivity index (χ2v) is 18.4. The van der Waals surface area contributed by atoms with Crippen molar-refractivity contribution in [3.05, 3.63) is 53.1 Å². The number of hydrogen-bond acceptors (Lipinski definition) is 5. The number of hydrogen-bond donors (Lipinski definition) is 0. The lowest BCUT2D eigenvalue weighted by Crippen LogP contribution is -2.43. The van der Waals surface area contributed by atoms with Crippen LogP contribution in [0.5, 0.6) is 11.5 Å². The first-order valence-corrected chi connectivity index (χ1v) is 16.8. The second-order valence-electron chi connectivity index (χ2n) is 11.7. The fourth-order valence-corrected chi connectivity index (χ4v) is 6.15. The highest BCUT2D eigenvalue weighted by Crippen LogP contribution is 2.41. The van der Waals surface area contributed by atoms with Gasteiger partial charge in [0.2, 0.25) is 0 Å². The summed E-state index contributed by atoms with van der Waals surface area (Å²) in [7, 11) is -3.50. The highest BCUT2D eigenvalue weighted by Gasteiger charge is 2.39. The number of ether oxygens (including phenoxy) is 1. The molecular formula is C27H41NO4SSi. The normalized spacial score (nSPS) is 15.3. The van der Waals surface area contributed by atoms with E-state index in [0.29, 0.717) is 11.4 Å². The van der Waals surface area contributed by atoms with E-state index in [9.17, 15) is 8.42 Å². The fourth-order valence-electron chi connectivity index (χ4n) is 4.15. The highest BCUT2D eigenvalue weighted by molar-refractivity contribution is 7.90. The number of benzene rings is 2. The van der Waals surface area contributed by atoms with Crippen molar-refractivity contribution in [2.75, 3.05) is 13.4 Å². The van der Waals surface area contributed by atoms with E-state index < -0.39 is 18.2 Å². The van der Waals surface area contributed by atoms with Crippen LogP contribution in [0.4, 0.5) is 0 Å². The van der Waals surface area contributed by atoms with Gasteiger partial charge in [0.1, 0.15) is 5.75 Å². The van der Waals surface area contributed by atoms with E-state index >= 15 is 0 Å². The Labute approximate surface area is 207 Å². The van der Waals surface area contributed by atoms with Crippen molar-refractivity contribution >= 4 is 18.2 Å². The van der Waals surface area contributed by atoms with Gasteiger partial charge in [0.15, 0.2) is 15.6 Å². The molecule has 0 N–H and O–H groups in total. The van der Waals surface area contributed by atoms with Gasteiger partial charge >= 0.3 is 0 Å². The van der Waals surface area contributed by atoms with Gasteiger partial charge in [-0.2, -0.15) is 0 Å². The van der Waals surface area contributed by atoms with Crippen molar-refractivity contribution in [3.8, 4) is 11.5 Å². The van der Waals surface area contributed by atoms with Gasteiger partial charge in [0.05, 0.1) is 12.0 Å².